The van der Waals surface area contributed by atoms with Crippen molar-refractivity contribution in [2.75, 3.05) is 26.4 Å². The van der Waals surface area contributed by atoms with Gasteiger partial charge in [0.15, 0.2) is 0 Å². The van der Waals surface area contributed by atoms with E-state index in [0.29, 0.717) is 19.3 Å². The maximum atomic E-state index is 13.0. The van der Waals surface area contributed by atoms with E-state index >= 15 is 0 Å². The summed E-state index contributed by atoms with van der Waals surface area (Å²) in [6.07, 6.45) is 1.33. The van der Waals surface area contributed by atoms with Gasteiger partial charge in [-0.15, -0.1) is 0 Å². The minimum absolute atomic E-state index is 0.309. The van der Waals surface area contributed by atoms with E-state index in [9.17, 15) is 19.5 Å². The zero-order valence-electron chi connectivity index (χ0n) is 26.2. The molecule has 0 radical (unpaired) electrons. The van der Waals surface area contributed by atoms with Crippen LogP contribution in [-0.2, 0) is 28.6 Å². The van der Waals surface area contributed by atoms with Crippen molar-refractivity contribution in [1.82, 2.24) is 0 Å². The maximum absolute atomic E-state index is 13.0. The summed E-state index contributed by atoms with van der Waals surface area (Å²) in [7, 11) is 0. The molecule has 0 saturated heterocycles. The molecular weight excluding hydrogens is 557 g/mol. The van der Waals surface area contributed by atoms with Gasteiger partial charge in [0.1, 0.15) is 19.8 Å². The zero-order chi connectivity index (χ0) is 31.3. The SMILES string of the molecule is CC(C)(S)CC(C)(C)C(=O)OCC(CO)(COC(=O)C(C)(C)CC(C)(C)S)COC(=O)C(C)(C)CC(C)(C)S. The number of hydrogen-bond donors (Lipinski definition) is 4. The highest BCUT2D eigenvalue weighted by molar-refractivity contribution is 7.82. The van der Waals surface area contributed by atoms with Crippen molar-refractivity contribution < 1.29 is 33.7 Å². The number of aliphatic hydroxyl groups excluding tert-OH is 1. The summed E-state index contributed by atoms with van der Waals surface area (Å²) in [5, 5.41) is 10.5. The monoisotopic (exact) mass is 610 g/mol. The summed E-state index contributed by atoms with van der Waals surface area (Å²) in [5.41, 5.74) is -3.94. The lowest BCUT2D eigenvalue weighted by atomic mass is 9.83. The van der Waals surface area contributed by atoms with Gasteiger partial charge in [-0.3, -0.25) is 14.4 Å². The summed E-state index contributed by atoms with van der Waals surface area (Å²) < 4.78 is 15.7. The molecule has 10 heteroatoms. The first-order valence-electron chi connectivity index (χ1n) is 13.4. The Hall–Kier alpha value is -0.580. The molecule has 0 saturated carbocycles. The zero-order valence-corrected chi connectivity index (χ0v) is 28.9. The number of carbonyl (C=O) groups excluding carboxylic acids is 3. The lowest BCUT2D eigenvalue weighted by Crippen LogP contribution is -2.46. The summed E-state index contributed by atoms with van der Waals surface area (Å²) in [4.78, 5) is 39.1. The molecule has 0 rings (SSSR count). The van der Waals surface area contributed by atoms with Gasteiger partial charge in [-0.25, -0.2) is 0 Å². The molecule has 39 heavy (non-hydrogen) atoms. The normalized spacial score (nSPS) is 14.2. The van der Waals surface area contributed by atoms with Crippen LogP contribution in [0.4, 0.5) is 0 Å². The molecule has 0 unspecified atom stereocenters. The van der Waals surface area contributed by atoms with E-state index in [-0.39, 0.29) is 19.8 Å². The molecule has 0 aromatic heterocycles. The van der Waals surface area contributed by atoms with Gasteiger partial charge in [0.2, 0.25) is 0 Å². The van der Waals surface area contributed by atoms with Gasteiger partial charge < -0.3 is 19.3 Å². The van der Waals surface area contributed by atoms with E-state index in [4.69, 9.17) is 14.2 Å². The van der Waals surface area contributed by atoms with Crippen LogP contribution in [0.3, 0.4) is 0 Å². The molecule has 0 amide bonds. The molecule has 0 atom stereocenters. The number of hydrogen-bond acceptors (Lipinski definition) is 10. The molecule has 1 N–H and O–H groups in total. The molecule has 230 valence electrons. The van der Waals surface area contributed by atoms with Crippen LogP contribution < -0.4 is 0 Å². The average molecular weight is 611 g/mol. The van der Waals surface area contributed by atoms with E-state index in [1.165, 1.54) is 0 Å². The molecule has 0 spiro atoms. The van der Waals surface area contributed by atoms with Crippen LogP contribution in [0.2, 0.25) is 0 Å². The van der Waals surface area contributed by atoms with Gasteiger partial charge in [0.25, 0.3) is 0 Å². The largest absolute Gasteiger partial charge is 0.464 e. The molecule has 0 heterocycles. The second-order valence-electron chi connectivity index (χ2n) is 15.0. The summed E-state index contributed by atoms with van der Waals surface area (Å²) in [5.74, 6) is -1.47. The van der Waals surface area contributed by atoms with Gasteiger partial charge in [-0.1, -0.05) is 41.5 Å². The van der Waals surface area contributed by atoms with Crippen LogP contribution in [0.5, 0.6) is 0 Å². The third-order valence-corrected chi connectivity index (χ3v) is 6.62. The number of rotatable bonds is 16. The minimum Gasteiger partial charge on any atom is -0.464 e. The highest BCUT2D eigenvalue weighted by atomic mass is 32.1. The second-order valence-corrected chi connectivity index (χ2v) is 18.6. The standard InChI is InChI=1S/C29H54O7S3/c1-23(2,13-26(7,8)37)20(31)34-17-29(16-30,18-35-21(32)24(3,4)14-27(9,10)38)19-36-22(33)25(5,6)15-28(11,12)39/h30,37-39H,13-19H2,1-12H3. The van der Waals surface area contributed by atoms with E-state index in [0.717, 1.165) is 0 Å². The summed E-state index contributed by atoms with van der Waals surface area (Å²) >= 11 is 13.6. The molecule has 7 nitrogen and oxygen atoms in total. The fourth-order valence-electron chi connectivity index (χ4n) is 4.97. The Morgan fingerprint density at radius 2 is 0.718 bits per heavy atom. The fraction of sp³-hybridized carbons (Fsp3) is 0.897. The van der Waals surface area contributed by atoms with Gasteiger partial charge in [-0.05, 0) is 60.8 Å². The lowest BCUT2D eigenvalue weighted by Gasteiger charge is -2.36. The molecule has 0 fully saturated rings. The Kier molecular flexibility index (Phi) is 13.4. The molecule has 0 aliphatic heterocycles. The summed E-state index contributed by atoms with van der Waals surface area (Å²) in [6.45, 7) is 20.5. The fourth-order valence-corrected chi connectivity index (χ4v) is 6.15. The van der Waals surface area contributed by atoms with Crippen LogP contribution in [0.25, 0.3) is 0 Å². The van der Waals surface area contributed by atoms with Gasteiger partial charge >= 0.3 is 17.9 Å². The van der Waals surface area contributed by atoms with Crippen molar-refractivity contribution >= 4 is 55.8 Å². The van der Waals surface area contributed by atoms with Crippen LogP contribution >= 0.6 is 37.9 Å². The van der Waals surface area contributed by atoms with Gasteiger partial charge in [0.05, 0.1) is 28.3 Å². The quantitative estimate of drug-likeness (QED) is 0.0971. The van der Waals surface area contributed by atoms with E-state index in [1.807, 2.05) is 41.5 Å². The van der Waals surface area contributed by atoms with Crippen LogP contribution in [0, 0.1) is 21.7 Å². The number of ether oxygens (including phenoxy) is 3. The molecule has 0 aliphatic carbocycles. The van der Waals surface area contributed by atoms with Crippen LogP contribution in [-0.4, -0.2) is 63.7 Å². The summed E-state index contributed by atoms with van der Waals surface area (Å²) in [6, 6.07) is 0. The third kappa shape index (κ3) is 14.7. The smallest absolute Gasteiger partial charge is 0.311 e. The minimum atomic E-state index is -1.35. The molecule has 0 aliphatic rings. The van der Waals surface area contributed by atoms with Crippen molar-refractivity contribution in [3.63, 3.8) is 0 Å². The Morgan fingerprint density at radius 1 is 0.513 bits per heavy atom. The Balaban J connectivity index is 5.92. The highest BCUT2D eigenvalue weighted by Crippen LogP contribution is 2.36. The van der Waals surface area contributed by atoms with Crippen molar-refractivity contribution in [3.8, 4) is 0 Å². The molecule has 0 bridgehead atoms. The van der Waals surface area contributed by atoms with Gasteiger partial charge in [0, 0.05) is 14.2 Å². The first-order valence-corrected chi connectivity index (χ1v) is 14.7. The Bertz CT molecular complexity index is 737. The van der Waals surface area contributed by atoms with Gasteiger partial charge in [-0.2, -0.15) is 37.9 Å². The number of esters is 3. The maximum Gasteiger partial charge on any atom is 0.311 e. The number of aliphatic hydroxyl groups is 1. The van der Waals surface area contributed by atoms with Crippen molar-refractivity contribution in [2.24, 2.45) is 21.7 Å². The second kappa shape index (κ2) is 13.6. The Labute approximate surface area is 253 Å². The molecular formula is C29H54O7S3. The molecule has 0 aromatic carbocycles. The Morgan fingerprint density at radius 3 is 0.872 bits per heavy atom. The first-order chi connectivity index (χ1) is 17.1. The van der Waals surface area contributed by atoms with E-state index < -0.39 is 60.4 Å². The van der Waals surface area contributed by atoms with Crippen molar-refractivity contribution in [2.45, 2.75) is 117 Å². The highest BCUT2D eigenvalue weighted by Gasteiger charge is 2.43. The average Bonchev–Trinajstić information content (AvgIpc) is 2.67. The predicted octanol–water partition coefficient (Wildman–Crippen LogP) is 5.97. The van der Waals surface area contributed by atoms with E-state index in [2.05, 4.69) is 37.9 Å². The van der Waals surface area contributed by atoms with Crippen molar-refractivity contribution in [3.05, 3.63) is 0 Å². The topological polar surface area (TPSA) is 99.1 Å². The van der Waals surface area contributed by atoms with E-state index in [1.54, 1.807) is 41.5 Å². The lowest BCUT2D eigenvalue weighted by molar-refractivity contribution is -0.177. The molecule has 0 aromatic rings. The first kappa shape index (κ1) is 38.4. The number of carbonyl (C=O) groups is 3. The van der Waals surface area contributed by atoms with Crippen molar-refractivity contribution in [1.29, 1.82) is 0 Å². The van der Waals surface area contributed by atoms with Crippen LogP contribution in [0.15, 0.2) is 0 Å². The number of thiol groups is 3. The predicted molar refractivity (Wildman–Crippen MR) is 167 cm³/mol. The van der Waals surface area contributed by atoms with Crippen LogP contribution in [0.1, 0.15) is 102 Å². The third-order valence-electron chi connectivity index (χ3n) is 6.15.